The van der Waals surface area contributed by atoms with Crippen LogP contribution in [-0.2, 0) is 4.79 Å². The van der Waals surface area contributed by atoms with E-state index in [1.165, 1.54) is 33.2 Å². The summed E-state index contributed by atoms with van der Waals surface area (Å²) in [5.74, 6) is -0.554. The molecule has 11 heteroatoms. The third-order valence-electron chi connectivity index (χ3n) is 6.33. The van der Waals surface area contributed by atoms with Crippen molar-refractivity contribution in [1.82, 2.24) is 24.8 Å². The fourth-order valence-corrected chi connectivity index (χ4v) is 4.00. The molecular weight excluding hydrogens is 465 g/mol. The van der Waals surface area contributed by atoms with Crippen LogP contribution in [0.15, 0.2) is 36.7 Å². The molecule has 2 amide bonds. The molecule has 0 saturated carbocycles. The molecule has 188 valence electrons. The zero-order valence-electron chi connectivity index (χ0n) is 20.3. The number of aromatic nitrogens is 3. The monoisotopic (exact) mass is 493 g/mol. The minimum absolute atomic E-state index is 0.000589. The van der Waals surface area contributed by atoms with Crippen molar-refractivity contribution in [2.45, 2.75) is 45.0 Å². The Labute approximate surface area is 207 Å². The van der Waals surface area contributed by atoms with Crippen LogP contribution < -0.4 is 10.6 Å². The van der Waals surface area contributed by atoms with E-state index in [0.29, 0.717) is 41.2 Å². The first-order chi connectivity index (χ1) is 17.1. The minimum Gasteiger partial charge on any atom is -0.387 e. The van der Waals surface area contributed by atoms with Crippen LogP contribution in [0.2, 0.25) is 0 Å². The highest BCUT2D eigenvalue weighted by Gasteiger charge is 2.30. The molecule has 3 N–H and O–H groups in total. The third kappa shape index (κ3) is 5.13. The second kappa shape index (κ2) is 9.91. The van der Waals surface area contributed by atoms with E-state index in [-0.39, 0.29) is 24.1 Å². The van der Waals surface area contributed by atoms with E-state index in [1.807, 2.05) is 12.1 Å². The number of nitriles is 1. The average molecular weight is 494 g/mol. The van der Waals surface area contributed by atoms with Gasteiger partial charge in [-0.25, -0.2) is 8.91 Å². The van der Waals surface area contributed by atoms with E-state index in [1.54, 1.807) is 21.5 Å². The van der Waals surface area contributed by atoms with Gasteiger partial charge in [0.05, 0.1) is 58.1 Å². The summed E-state index contributed by atoms with van der Waals surface area (Å²) in [6, 6.07) is 9.10. The van der Waals surface area contributed by atoms with E-state index in [9.17, 15) is 19.1 Å². The van der Waals surface area contributed by atoms with Crippen molar-refractivity contribution < 1.29 is 19.1 Å². The Morgan fingerprint density at radius 3 is 2.75 bits per heavy atom. The van der Waals surface area contributed by atoms with Crippen LogP contribution in [0.3, 0.4) is 0 Å². The topological polar surface area (TPSA) is 136 Å². The molecule has 0 aromatic carbocycles. The van der Waals surface area contributed by atoms with E-state index < -0.39 is 17.7 Å². The van der Waals surface area contributed by atoms with Crippen LogP contribution in [-0.4, -0.2) is 73.9 Å². The molecule has 4 rings (SSSR count). The van der Waals surface area contributed by atoms with Crippen LogP contribution in [0.5, 0.6) is 0 Å². The lowest BCUT2D eigenvalue weighted by molar-refractivity contribution is -0.135. The number of fused-ring (bicyclic) bond motifs is 1. The fraction of sp³-hybridized carbons (Fsp3) is 0.400. The highest BCUT2D eigenvalue weighted by atomic mass is 19.1. The molecule has 10 nitrogen and oxygen atoms in total. The predicted molar refractivity (Wildman–Crippen MR) is 131 cm³/mol. The van der Waals surface area contributed by atoms with E-state index in [2.05, 4.69) is 26.8 Å². The summed E-state index contributed by atoms with van der Waals surface area (Å²) >= 11 is 0. The van der Waals surface area contributed by atoms with Crippen molar-refractivity contribution in [3.05, 3.63) is 47.8 Å². The molecule has 0 aliphatic carbocycles. The van der Waals surface area contributed by atoms with Gasteiger partial charge >= 0.3 is 0 Å². The summed E-state index contributed by atoms with van der Waals surface area (Å²) < 4.78 is 15.8. The molecule has 36 heavy (non-hydrogen) atoms. The lowest BCUT2D eigenvalue weighted by Gasteiger charge is -2.40. The number of carbonyl (C=O) groups is 2. The summed E-state index contributed by atoms with van der Waals surface area (Å²) in [7, 11) is 0. The molecular formula is C25H28FN7O3. The van der Waals surface area contributed by atoms with Gasteiger partial charge in [0.25, 0.3) is 5.91 Å². The SMILES string of the molecule is CC(=O)N1CC[C@H]1CNc1cc(-c2ccc3cc(C#N)cnn23)ncc1C(=O)NC[C@@H](F)C(C)(C)O. The molecule has 1 fully saturated rings. The Morgan fingerprint density at radius 2 is 2.11 bits per heavy atom. The maximum atomic E-state index is 14.2. The van der Waals surface area contributed by atoms with Gasteiger partial charge in [0.2, 0.25) is 5.91 Å². The Balaban J connectivity index is 1.63. The number of aliphatic hydroxyl groups is 1. The van der Waals surface area contributed by atoms with Crippen LogP contribution >= 0.6 is 0 Å². The number of hydrogen-bond donors (Lipinski definition) is 3. The number of likely N-dealkylation sites (tertiary alicyclic amines) is 1. The van der Waals surface area contributed by atoms with E-state index >= 15 is 0 Å². The Hall–Kier alpha value is -4.04. The fourth-order valence-electron chi connectivity index (χ4n) is 4.00. The van der Waals surface area contributed by atoms with Gasteiger partial charge in [-0.1, -0.05) is 0 Å². The minimum atomic E-state index is -1.65. The molecule has 0 radical (unpaired) electrons. The Bertz CT molecular complexity index is 1340. The molecule has 0 unspecified atom stereocenters. The summed E-state index contributed by atoms with van der Waals surface area (Å²) in [4.78, 5) is 30.9. The Kier molecular flexibility index (Phi) is 6.90. The number of pyridine rings is 1. The molecule has 1 aliphatic rings. The van der Waals surface area contributed by atoms with Gasteiger partial charge in [0, 0.05) is 26.2 Å². The number of amides is 2. The van der Waals surface area contributed by atoms with Gasteiger partial charge in [0.1, 0.15) is 12.2 Å². The predicted octanol–water partition coefficient (Wildman–Crippen LogP) is 2.14. The van der Waals surface area contributed by atoms with Gasteiger partial charge in [-0.3, -0.25) is 14.6 Å². The average Bonchev–Trinajstić information content (AvgIpc) is 3.23. The summed E-state index contributed by atoms with van der Waals surface area (Å²) in [6.45, 7) is 4.95. The second-order valence-corrected chi connectivity index (χ2v) is 9.39. The standard InChI is InChI=1S/C25H28FN7O3/c1-15(34)32-7-6-18(32)12-28-20-9-21(22-5-4-17-8-16(10-27)11-31-33(17)22)29-13-19(20)24(35)30-14-23(26)25(2,3)36/h4-5,8-9,11,13,18,23,36H,6-7,12,14H2,1-3H3,(H,28,29)(H,30,35)/t18-,23+/m0/s1. The van der Waals surface area contributed by atoms with Crippen molar-refractivity contribution >= 4 is 23.0 Å². The highest BCUT2D eigenvalue weighted by molar-refractivity contribution is 6.00. The molecule has 0 bridgehead atoms. The number of anilines is 1. The number of halogens is 1. The molecule has 1 saturated heterocycles. The zero-order chi connectivity index (χ0) is 26.0. The maximum absolute atomic E-state index is 14.2. The third-order valence-corrected chi connectivity index (χ3v) is 6.33. The lowest BCUT2D eigenvalue weighted by Crippen LogP contribution is -2.53. The molecule has 1 aliphatic heterocycles. The van der Waals surface area contributed by atoms with Gasteiger partial charge in [-0.05, 0) is 44.5 Å². The number of carbonyl (C=O) groups excluding carboxylic acids is 2. The first-order valence-corrected chi connectivity index (χ1v) is 11.6. The van der Waals surface area contributed by atoms with Gasteiger partial charge in [-0.2, -0.15) is 10.4 Å². The van der Waals surface area contributed by atoms with Crippen LogP contribution in [0.1, 0.15) is 43.1 Å². The first-order valence-electron chi connectivity index (χ1n) is 11.6. The van der Waals surface area contributed by atoms with Crippen molar-refractivity contribution in [3.8, 4) is 17.5 Å². The van der Waals surface area contributed by atoms with Crippen LogP contribution in [0.4, 0.5) is 10.1 Å². The molecule has 0 spiro atoms. The quantitative estimate of drug-likeness (QED) is 0.437. The highest BCUT2D eigenvalue weighted by Crippen LogP contribution is 2.27. The summed E-state index contributed by atoms with van der Waals surface area (Å²) in [5, 5.41) is 29.0. The number of hydrogen-bond acceptors (Lipinski definition) is 7. The maximum Gasteiger partial charge on any atom is 0.255 e. The largest absolute Gasteiger partial charge is 0.387 e. The van der Waals surface area contributed by atoms with E-state index in [4.69, 9.17) is 5.26 Å². The van der Waals surface area contributed by atoms with Crippen LogP contribution in [0.25, 0.3) is 16.9 Å². The Morgan fingerprint density at radius 1 is 1.33 bits per heavy atom. The van der Waals surface area contributed by atoms with Crippen LogP contribution in [0, 0.1) is 11.3 Å². The van der Waals surface area contributed by atoms with Gasteiger partial charge in [0.15, 0.2) is 0 Å². The summed E-state index contributed by atoms with van der Waals surface area (Å²) in [6.07, 6.45) is 2.05. The molecule has 3 aromatic rings. The number of nitrogens with zero attached hydrogens (tertiary/aromatic N) is 5. The smallest absolute Gasteiger partial charge is 0.255 e. The molecule has 4 heterocycles. The first kappa shape index (κ1) is 25.1. The van der Waals surface area contributed by atoms with Gasteiger partial charge < -0.3 is 20.6 Å². The molecule has 3 aromatic heterocycles. The number of nitrogens with one attached hydrogen (secondary N) is 2. The van der Waals surface area contributed by atoms with Crippen molar-refractivity contribution in [2.75, 3.05) is 25.0 Å². The number of rotatable bonds is 8. The van der Waals surface area contributed by atoms with Crippen molar-refractivity contribution in [3.63, 3.8) is 0 Å². The summed E-state index contributed by atoms with van der Waals surface area (Å²) in [5.41, 5.74) is 1.42. The number of alkyl halides is 1. The lowest BCUT2D eigenvalue weighted by atomic mass is 10.0. The second-order valence-electron chi connectivity index (χ2n) is 9.39. The van der Waals surface area contributed by atoms with Crippen molar-refractivity contribution in [1.29, 1.82) is 5.26 Å². The molecule has 2 atom stereocenters. The van der Waals surface area contributed by atoms with Crippen molar-refractivity contribution in [2.24, 2.45) is 0 Å². The normalized spacial score (nSPS) is 16.2. The zero-order valence-corrected chi connectivity index (χ0v) is 20.3. The van der Waals surface area contributed by atoms with E-state index in [0.717, 1.165) is 6.42 Å². The van der Waals surface area contributed by atoms with Gasteiger partial charge in [-0.15, -0.1) is 0 Å².